The predicted octanol–water partition coefficient (Wildman–Crippen LogP) is 3.96. The summed E-state index contributed by atoms with van der Waals surface area (Å²) in [6, 6.07) is 20.0. The van der Waals surface area contributed by atoms with Crippen molar-refractivity contribution < 1.29 is 23.8 Å². The maximum atomic E-state index is 12.9. The van der Waals surface area contributed by atoms with Crippen LogP contribution in [0.15, 0.2) is 60.7 Å². The van der Waals surface area contributed by atoms with Crippen molar-refractivity contribution in [3.63, 3.8) is 0 Å². The molecule has 0 unspecified atom stereocenters. The molecule has 1 amide bonds. The number of anilines is 1. The number of rotatable bonds is 8. The lowest BCUT2D eigenvalue weighted by atomic mass is 10.1. The highest BCUT2D eigenvalue weighted by Gasteiger charge is 2.22. The highest BCUT2D eigenvalue weighted by molar-refractivity contribution is 6.01. The van der Waals surface area contributed by atoms with Gasteiger partial charge in [0.15, 0.2) is 6.61 Å². The van der Waals surface area contributed by atoms with Crippen LogP contribution < -0.4 is 14.4 Å². The second kappa shape index (κ2) is 10.1. The number of methoxy groups -OCH3 is 2. The number of hydrogen-bond donors (Lipinski definition) is 0. The van der Waals surface area contributed by atoms with Gasteiger partial charge >= 0.3 is 5.97 Å². The maximum Gasteiger partial charge on any atom is 0.342 e. The van der Waals surface area contributed by atoms with Gasteiger partial charge in [-0.1, -0.05) is 36.4 Å². The second-order valence-corrected chi connectivity index (χ2v) is 6.60. The summed E-state index contributed by atoms with van der Waals surface area (Å²) in [7, 11) is 2.97. The van der Waals surface area contributed by atoms with Crippen molar-refractivity contribution in [2.24, 2.45) is 0 Å². The normalized spacial score (nSPS) is 10.2. The Labute approximate surface area is 180 Å². The molecule has 158 valence electrons. The Balaban J connectivity index is 1.80. The average molecular weight is 418 g/mol. The number of carbonyl (C=O) groups excluding carboxylic acids is 2. The first kappa shape index (κ1) is 21.7. The summed E-state index contributed by atoms with van der Waals surface area (Å²) in [6.45, 7) is -0.342. The third kappa shape index (κ3) is 4.93. The van der Waals surface area contributed by atoms with E-state index in [1.54, 1.807) is 36.4 Å². The number of nitrogens with zero attached hydrogens (tertiary/aromatic N) is 2. The molecule has 0 aromatic heterocycles. The standard InChI is InChI=1S/C24H22N2O5/c1-29-21-11-6-5-10-20(21)26(13-7-12-25)23(27)16-31-24(28)19-14-17-8-3-4-9-18(17)15-22(19)30-2/h3-6,8-11,14-15H,7,13,16H2,1-2H3. The van der Waals surface area contributed by atoms with E-state index in [0.29, 0.717) is 17.2 Å². The van der Waals surface area contributed by atoms with E-state index in [4.69, 9.17) is 19.5 Å². The lowest BCUT2D eigenvalue weighted by Crippen LogP contribution is -2.35. The van der Waals surface area contributed by atoms with E-state index in [0.717, 1.165) is 10.8 Å². The minimum absolute atomic E-state index is 0.121. The highest BCUT2D eigenvalue weighted by atomic mass is 16.5. The molecule has 7 heteroatoms. The van der Waals surface area contributed by atoms with E-state index >= 15 is 0 Å². The highest BCUT2D eigenvalue weighted by Crippen LogP contribution is 2.29. The second-order valence-electron chi connectivity index (χ2n) is 6.60. The summed E-state index contributed by atoms with van der Waals surface area (Å²) >= 11 is 0. The topological polar surface area (TPSA) is 88.9 Å². The van der Waals surface area contributed by atoms with E-state index in [-0.39, 0.29) is 18.5 Å². The van der Waals surface area contributed by atoms with Gasteiger partial charge in [-0.05, 0) is 35.0 Å². The van der Waals surface area contributed by atoms with Gasteiger partial charge in [0.1, 0.15) is 17.1 Å². The van der Waals surface area contributed by atoms with Gasteiger partial charge < -0.3 is 19.1 Å². The zero-order valence-electron chi connectivity index (χ0n) is 17.3. The van der Waals surface area contributed by atoms with E-state index in [1.165, 1.54) is 19.1 Å². The van der Waals surface area contributed by atoms with E-state index in [2.05, 4.69) is 0 Å². The molecule has 0 N–H and O–H groups in total. The molecule has 0 atom stereocenters. The summed E-state index contributed by atoms with van der Waals surface area (Å²) < 4.78 is 16.0. The number of carbonyl (C=O) groups is 2. The number of para-hydroxylation sites is 2. The van der Waals surface area contributed by atoms with Gasteiger partial charge in [-0.3, -0.25) is 4.79 Å². The van der Waals surface area contributed by atoms with Gasteiger partial charge in [0.25, 0.3) is 5.91 Å². The van der Waals surface area contributed by atoms with Crippen molar-refractivity contribution in [1.82, 2.24) is 0 Å². The van der Waals surface area contributed by atoms with Gasteiger partial charge in [0, 0.05) is 6.54 Å². The molecule has 0 fully saturated rings. The number of benzene rings is 3. The molecule has 0 saturated carbocycles. The Hall–Kier alpha value is -4.05. The first-order chi connectivity index (χ1) is 15.1. The van der Waals surface area contributed by atoms with Crippen LogP contribution in [0.1, 0.15) is 16.8 Å². The molecule has 3 rings (SSSR count). The van der Waals surface area contributed by atoms with Gasteiger partial charge in [0.05, 0.1) is 32.4 Å². The molecule has 31 heavy (non-hydrogen) atoms. The van der Waals surface area contributed by atoms with E-state index in [9.17, 15) is 9.59 Å². The molecule has 0 aliphatic carbocycles. The van der Waals surface area contributed by atoms with E-state index in [1.807, 2.05) is 30.3 Å². The molecular formula is C24H22N2O5. The molecule has 0 aliphatic rings. The summed E-state index contributed by atoms with van der Waals surface area (Å²) in [6.07, 6.45) is 0.121. The molecule has 3 aromatic rings. The van der Waals surface area contributed by atoms with Crippen LogP contribution in [0.3, 0.4) is 0 Å². The molecule has 0 bridgehead atoms. The maximum absolute atomic E-state index is 12.9. The van der Waals surface area contributed by atoms with Gasteiger partial charge in [0.2, 0.25) is 0 Å². The van der Waals surface area contributed by atoms with Crippen molar-refractivity contribution in [2.75, 3.05) is 32.3 Å². The SMILES string of the molecule is COc1cc2ccccc2cc1C(=O)OCC(=O)N(CCC#N)c1ccccc1OC. The molecule has 7 nitrogen and oxygen atoms in total. The summed E-state index contributed by atoms with van der Waals surface area (Å²) in [5.41, 5.74) is 0.736. The molecule has 0 spiro atoms. The monoisotopic (exact) mass is 418 g/mol. The molecule has 3 aromatic carbocycles. The number of ether oxygens (including phenoxy) is 3. The Morgan fingerprint density at radius 2 is 1.58 bits per heavy atom. The molecule has 0 radical (unpaired) electrons. The van der Waals surface area contributed by atoms with Crippen LogP contribution in [0.4, 0.5) is 5.69 Å². The third-order valence-electron chi connectivity index (χ3n) is 4.74. The van der Waals surface area contributed by atoms with Gasteiger partial charge in [-0.2, -0.15) is 5.26 Å². The number of amides is 1. The summed E-state index contributed by atoms with van der Waals surface area (Å²) in [5, 5.41) is 10.7. The average Bonchev–Trinajstić information content (AvgIpc) is 2.82. The quantitative estimate of drug-likeness (QED) is 0.515. The predicted molar refractivity (Wildman–Crippen MR) is 116 cm³/mol. The van der Waals surface area contributed by atoms with Crippen LogP contribution >= 0.6 is 0 Å². The Kier molecular flexibility index (Phi) is 7.07. The minimum atomic E-state index is -0.670. The van der Waals surface area contributed by atoms with Crippen molar-refractivity contribution in [1.29, 1.82) is 5.26 Å². The van der Waals surface area contributed by atoms with Crippen LogP contribution in [-0.4, -0.2) is 39.2 Å². The molecule has 0 saturated heterocycles. The van der Waals surface area contributed by atoms with Crippen LogP contribution in [0.25, 0.3) is 10.8 Å². The Morgan fingerprint density at radius 1 is 0.935 bits per heavy atom. The number of hydrogen-bond acceptors (Lipinski definition) is 6. The smallest absolute Gasteiger partial charge is 0.342 e. The van der Waals surface area contributed by atoms with Crippen LogP contribution in [0.5, 0.6) is 11.5 Å². The number of fused-ring (bicyclic) bond motifs is 1. The van der Waals surface area contributed by atoms with Crippen molar-refractivity contribution in [2.45, 2.75) is 6.42 Å². The minimum Gasteiger partial charge on any atom is -0.496 e. The Bertz CT molecular complexity index is 1140. The zero-order chi connectivity index (χ0) is 22.2. The van der Waals surface area contributed by atoms with Crippen LogP contribution in [0, 0.1) is 11.3 Å². The largest absolute Gasteiger partial charge is 0.496 e. The van der Waals surface area contributed by atoms with Gasteiger partial charge in [-0.25, -0.2) is 4.79 Å². The van der Waals surface area contributed by atoms with Crippen molar-refractivity contribution >= 4 is 28.3 Å². The Morgan fingerprint density at radius 3 is 2.26 bits per heavy atom. The first-order valence-electron chi connectivity index (χ1n) is 9.63. The summed E-state index contributed by atoms with van der Waals surface area (Å²) in [4.78, 5) is 27.0. The summed E-state index contributed by atoms with van der Waals surface area (Å²) in [5.74, 6) is -0.289. The van der Waals surface area contributed by atoms with Gasteiger partial charge in [-0.15, -0.1) is 0 Å². The molecule has 0 aliphatic heterocycles. The van der Waals surface area contributed by atoms with Crippen LogP contribution in [-0.2, 0) is 9.53 Å². The number of esters is 1. The first-order valence-corrected chi connectivity index (χ1v) is 9.63. The zero-order valence-corrected chi connectivity index (χ0v) is 17.3. The van der Waals surface area contributed by atoms with Crippen LogP contribution in [0.2, 0.25) is 0 Å². The molecular weight excluding hydrogens is 396 g/mol. The van der Waals surface area contributed by atoms with Crippen molar-refractivity contribution in [3.05, 3.63) is 66.2 Å². The fourth-order valence-electron chi connectivity index (χ4n) is 3.22. The lowest BCUT2D eigenvalue weighted by molar-refractivity contribution is -0.121. The number of nitriles is 1. The third-order valence-corrected chi connectivity index (χ3v) is 4.74. The molecule has 0 heterocycles. The van der Waals surface area contributed by atoms with E-state index < -0.39 is 18.5 Å². The van der Waals surface area contributed by atoms with Crippen molar-refractivity contribution in [3.8, 4) is 17.6 Å². The fourth-order valence-corrected chi connectivity index (χ4v) is 3.22. The lowest BCUT2D eigenvalue weighted by Gasteiger charge is -2.23. The fraction of sp³-hybridized carbons (Fsp3) is 0.208.